The molecule has 1 N–H and O–H groups in total. The molecule has 0 amide bonds. The lowest BCUT2D eigenvalue weighted by Crippen LogP contribution is -2.42. The Labute approximate surface area is 62.8 Å². The lowest BCUT2D eigenvalue weighted by atomic mass is 10.1. The van der Waals surface area contributed by atoms with Gasteiger partial charge in [0.25, 0.3) is 0 Å². The Hall–Kier alpha value is -0.810. The van der Waals surface area contributed by atoms with Crippen LogP contribution in [0.5, 0.6) is 0 Å². The van der Waals surface area contributed by atoms with E-state index in [1.54, 1.807) is 0 Å². The second kappa shape index (κ2) is 2.35. The molecule has 2 rings (SSSR count). The van der Waals surface area contributed by atoms with Crippen LogP contribution in [0.4, 0.5) is 4.79 Å². The molecule has 2 aliphatic heterocycles. The first-order valence-electron chi connectivity index (χ1n) is 3.44. The van der Waals surface area contributed by atoms with Crippen LogP contribution in [0.1, 0.15) is 6.42 Å². The third-order valence-corrected chi connectivity index (χ3v) is 1.82. The summed E-state index contributed by atoms with van der Waals surface area (Å²) in [5.74, 6) is 0. The van der Waals surface area contributed by atoms with E-state index in [1.165, 1.54) is 0 Å². The maximum absolute atomic E-state index is 10.5. The van der Waals surface area contributed by atoms with Gasteiger partial charge in [0.05, 0.1) is 6.61 Å². The minimum atomic E-state index is -1.03. The van der Waals surface area contributed by atoms with Crippen LogP contribution in [0.2, 0.25) is 0 Å². The standard InChI is InChI=1S/C6H8O5/c7-5-4-3(1-2-9-5)10-6(8)11-4/h3-5,7H,1-2H2. The molecule has 5 heteroatoms. The fraction of sp³-hybridized carbons (Fsp3) is 0.833. The Morgan fingerprint density at radius 1 is 1.45 bits per heavy atom. The van der Waals surface area contributed by atoms with Gasteiger partial charge in [-0.3, -0.25) is 0 Å². The number of hydrogen-bond acceptors (Lipinski definition) is 5. The summed E-state index contributed by atoms with van der Waals surface area (Å²) in [6.07, 6.45) is -2.11. The van der Waals surface area contributed by atoms with Gasteiger partial charge in [-0.1, -0.05) is 0 Å². The van der Waals surface area contributed by atoms with E-state index in [0.717, 1.165) is 0 Å². The van der Waals surface area contributed by atoms with Crippen molar-refractivity contribution in [2.75, 3.05) is 6.61 Å². The van der Waals surface area contributed by atoms with E-state index >= 15 is 0 Å². The second-order valence-electron chi connectivity index (χ2n) is 2.54. The summed E-state index contributed by atoms with van der Waals surface area (Å²) in [5, 5.41) is 9.12. The predicted octanol–water partition coefficient (Wildman–Crippen LogP) is -0.371. The molecule has 3 atom stereocenters. The van der Waals surface area contributed by atoms with E-state index in [-0.39, 0.29) is 6.10 Å². The zero-order chi connectivity index (χ0) is 7.84. The Balaban J connectivity index is 2.09. The molecule has 0 bridgehead atoms. The number of aliphatic hydroxyl groups excluding tert-OH is 1. The number of carbonyl (C=O) groups excluding carboxylic acids is 1. The first-order chi connectivity index (χ1) is 5.27. The highest BCUT2D eigenvalue weighted by molar-refractivity contribution is 5.62. The summed E-state index contributed by atoms with van der Waals surface area (Å²) in [5.41, 5.74) is 0. The quantitative estimate of drug-likeness (QED) is 0.490. The van der Waals surface area contributed by atoms with E-state index in [9.17, 15) is 4.79 Å². The molecule has 5 nitrogen and oxygen atoms in total. The molecule has 0 aromatic heterocycles. The number of aliphatic hydroxyl groups is 1. The molecule has 62 valence electrons. The van der Waals surface area contributed by atoms with Crippen molar-refractivity contribution in [3.8, 4) is 0 Å². The summed E-state index contributed by atoms with van der Waals surface area (Å²) in [7, 11) is 0. The molecular weight excluding hydrogens is 152 g/mol. The van der Waals surface area contributed by atoms with E-state index in [2.05, 4.69) is 4.74 Å². The summed E-state index contributed by atoms with van der Waals surface area (Å²) < 4.78 is 14.2. The van der Waals surface area contributed by atoms with E-state index in [1.807, 2.05) is 0 Å². The van der Waals surface area contributed by atoms with Crippen LogP contribution in [0.25, 0.3) is 0 Å². The molecule has 0 saturated carbocycles. The maximum atomic E-state index is 10.5. The normalized spacial score (nSPS) is 42.6. The number of ether oxygens (including phenoxy) is 3. The van der Waals surface area contributed by atoms with Crippen molar-refractivity contribution < 1.29 is 24.1 Å². The lowest BCUT2D eigenvalue weighted by Gasteiger charge is -2.25. The highest BCUT2D eigenvalue weighted by Gasteiger charge is 2.44. The van der Waals surface area contributed by atoms with Gasteiger partial charge < -0.3 is 19.3 Å². The molecule has 0 aromatic rings. The molecule has 0 aliphatic carbocycles. The van der Waals surface area contributed by atoms with Crippen LogP contribution >= 0.6 is 0 Å². The fourth-order valence-corrected chi connectivity index (χ4v) is 1.27. The fourth-order valence-electron chi connectivity index (χ4n) is 1.27. The van der Waals surface area contributed by atoms with Crippen molar-refractivity contribution in [3.63, 3.8) is 0 Å². The van der Waals surface area contributed by atoms with Crippen molar-refractivity contribution in [3.05, 3.63) is 0 Å². The Bertz CT molecular complexity index is 180. The first kappa shape index (κ1) is 6.87. The van der Waals surface area contributed by atoms with Gasteiger partial charge in [-0.25, -0.2) is 4.79 Å². The SMILES string of the molecule is O=C1OC2CCOC(O)C2O1. The topological polar surface area (TPSA) is 65.0 Å². The molecule has 2 saturated heterocycles. The smallest absolute Gasteiger partial charge is 0.427 e. The van der Waals surface area contributed by atoms with Crippen molar-refractivity contribution in [2.24, 2.45) is 0 Å². The van der Waals surface area contributed by atoms with Gasteiger partial charge in [-0.05, 0) is 0 Å². The minimum Gasteiger partial charge on any atom is -0.427 e. The molecule has 11 heavy (non-hydrogen) atoms. The number of carbonyl (C=O) groups is 1. The van der Waals surface area contributed by atoms with Gasteiger partial charge >= 0.3 is 6.16 Å². The minimum absolute atomic E-state index is 0.328. The average molecular weight is 160 g/mol. The van der Waals surface area contributed by atoms with E-state index in [0.29, 0.717) is 13.0 Å². The van der Waals surface area contributed by atoms with Gasteiger partial charge in [0, 0.05) is 6.42 Å². The molecular formula is C6H8O5. The second-order valence-corrected chi connectivity index (χ2v) is 2.54. The molecule has 2 aliphatic rings. The third-order valence-electron chi connectivity index (χ3n) is 1.82. The maximum Gasteiger partial charge on any atom is 0.509 e. The van der Waals surface area contributed by atoms with Crippen molar-refractivity contribution >= 4 is 6.16 Å². The summed E-state index contributed by atoms with van der Waals surface area (Å²) in [4.78, 5) is 10.5. The summed E-state index contributed by atoms with van der Waals surface area (Å²) in [6, 6.07) is 0. The van der Waals surface area contributed by atoms with Crippen molar-refractivity contribution in [1.29, 1.82) is 0 Å². The van der Waals surface area contributed by atoms with Crippen LogP contribution < -0.4 is 0 Å². The van der Waals surface area contributed by atoms with Gasteiger partial charge in [0.15, 0.2) is 12.4 Å². The number of hydrogen-bond donors (Lipinski definition) is 1. The van der Waals surface area contributed by atoms with Gasteiger partial charge in [0.1, 0.15) is 6.10 Å². The van der Waals surface area contributed by atoms with Gasteiger partial charge in [-0.2, -0.15) is 0 Å². The molecule has 2 heterocycles. The predicted molar refractivity (Wildman–Crippen MR) is 31.7 cm³/mol. The summed E-state index contributed by atoms with van der Waals surface area (Å²) in [6.45, 7) is 0.402. The molecule has 2 fully saturated rings. The zero-order valence-corrected chi connectivity index (χ0v) is 5.73. The monoisotopic (exact) mass is 160 g/mol. The Kier molecular flexibility index (Phi) is 1.47. The first-order valence-corrected chi connectivity index (χ1v) is 3.44. The summed E-state index contributed by atoms with van der Waals surface area (Å²) >= 11 is 0. The number of fused-ring (bicyclic) bond motifs is 1. The van der Waals surface area contributed by atoms with Crippen LogP contribution in [0.3, 0.4) is 0 Å². The molecule has 0 spiro atoms. The van der Waals surface area contributed by atoms with E-state index < -0.39 is 18.5 Å². The van der Waals surface area contributed by atoms with Crippen molar-refractivity contribution in [2.45, 2.75) is 24.9 Å². The molecule has 0 aromatic carbocycles. The highest BCUT2D eigenvalue weighted by atomic mass is 16.8. The lowest BCUT2D eigenvalue weighted by molar-refractivity contribution is -0.188. The van der Waals surface area contributed by atoms with Crippen LogP contribution in [0, 0.1) is 0 Å². The number of rotatable bonds is 0. The van der Waals surface area contributed by atoms with Crippen LogP contribution in [-0.4, -0.2) is 36.4 Å². The van der Waals surface area contributed by atoms with Crippen LogP contribution in [-0.2, 0) is 14.2 Å². The van der Waals surface area contributed by atoms with Crippen LogP contribution in [0.15, 0.2) is 0 Å². The Morgan fingerprint density at radius 3 is 3.00 bits per heavy atom. The zero-order valence-electron chi connectivity index (χ0n) is 5.73. The Morgan fingerprint density at radius 2 is 2.27 bits per heavy atom. The van der Waals surface area contributed by atoms with Crippen molar-refractivity contribution in [1.82, 2.24) is 0 Å². The average Bonchev–Trinajstić information content (AvgIpc) is 2.31. The highest BCUT2D eigenvalue weighted by Crippen LogP contribution is 2.25. The van der Waals surface area contributed by atoms with Gasteiger partial charge in [0.2, 0.25) is 0 Å². The van der Waals surface area contributed by atoms with E-state index in [4.69, 9.17) is 14.6 Å². The third kappa shape index (κ3) is 1.06. The van der Waals surface area contributed by atoms with Gasteiger partial charge in [-0.15, -0.1) is 0 Å². The molecule has 3 unspecified atom stereocenters. The molecule has 0 radical (unpaired) electrons. The largest absolute Gasteiger partial charge is 0.509 e.